The third-order valence-corrected chi connectivity index (χ3v) is 3.39. The Bertz CT molecular complexity index is 517. The maximum absolute atomic E-state index is 11.4. The van der Waals surface area contributed by atoms with Crippen LogP contribution in [0.1, 0.15) is 48.6 Å². The van der Waals surface area contributed by atoms with Gasteiger partial charge in [0.05, 0.1) is 18.1 Å². The number of aromatic carboxylic acids is 1. The molecule has 1 heterocycles. The maximum atomic E-state index is 11.4. The van der Waals surface area contributed by atoms with E-state index in [4.69, 9.17) is 4.74 Å². The summed E-state index contributed by atoms with van der Waals surface area (Å²) < 4.78 is 4.82. The molecule has 0 saturated carbocycles. The summed E-state index contributed by atoms with van der Waals surface area (Å²) in [4.78, 5) is 31.1. The highest BCUT2D eigenvalue weighted by molar-refractivity contribution is 8.00. The fourth-order valence-corrected chi connectivity index (χ4v) is 2.38. The van der Waals surface area contributed by atoms with Crippen LogP contribution in [0.4, 0.5) is 0 Å². The molecule has 0 saturated heterocycles. The van der Waals surface area contributed by atoms with Crippen LogP contribution in [0.25, 0.3) is 0 Å². The molecule has 0 bridgehead atoms. The van der Waals surface area contributed by atoms with Crippen molar-refractivity contribution < 1.29 is 19.4 Å². The lowest BCUT2D eigenvalue weighted by molar-refractivity contribution is -0.139. The molecule has 0 unspecified atom stereocenters. The van der Waals surface area contributed by atoms with E-state index in [0.29, 0.717) is 23.2 Å². The minimum absolute atomic E-state index is 0.0299. The number of carbonyl (C=O) groups is 2. The molecule has 0 spiro atoms. The first-order chi connectivity index (χ1) is 9.36. The molecule has 0 aliphatic carbocycles. The van der Waals surface area contributed by atoms with Gasteiger partial charge in [-0.05, 0) is 13.8 Å². The average molecular weight is 298 g/mol. The third kappa shape index (κ3) is 4.19. The van der Waals surface area contributed by atoms with E-state index in [1.807, 2.05) is 13.8 Å². The van der Waals surface area contributed by atoms with Gasteiger partial charge in [0.2, 0.25) is 0 Å². The largest absolute Gasteiger partial charge is 0.478 e. The third-order valence-electron chi connectivity index (χ3n) is 2.44. The molecular weight excluding hydrogens is 280 g/mol. The van der Waals surface area contributed by atoms with Crippen LogP contribution in [0.15, 0.2) is 5.03 Å². The SMILES string of the molecule is CCOC(=O)CSc1nc(C(C)C)nc(C)c1C(=O)O. The Morgan fingerprint density at radius 1 is 1.35 bits per heavy atom. The summed E-state index contributed by atoms with van der Waals surface area (Å²) in [6, 6.07) is 0. The molecule has 6 nitrogen and oxygen atoms in total. The molecule has 110 valence electrons. The van der Waals surface area contributed by atoms with Gasteiger partial charge >= 0.3 is 11.9 Å². The number of carboxylic acids is 1. The molecule has 0 aliphatic heterocycles. The second kappa shape index (κ2) is 7.23. The van der Waals surface area contributed by atoms with Gasteiger partial charge in [-0.25, -0.2) is 14.8 Å². The van der Waals surface area contributed by atoms with Crippen molar-refractivity contribution in [3.8, 4) is 0 Å². The normalized spacial score (nSPS) is 10.7. The minimum Gasteiger partial charge on any atom is -0.478 e. The molecule has 0 fully saturated rings. The van der Waals surface area contributed by atoms with E-state index < -0.39 is 11.9 Å². The second-order valence-corrected chi connectivity index (χ2v) is 5.36. The summed E-state index contributed by atoms with van der Waals surface area (Å²) in [5.41, 5.74) is 0.450. The molecule has 20 heavy (non-hydrogen) atoms. The van der Waals surface area contributed by atoms with Crippen molar-refractivity contribution in [2.24, 2.45) is 0 Å². The molecule has 1 aromatic heterocycles. The van der Waals surface area contributed by atoms with Gasteiger partial charge in [0, 0.05) is 5.92 Å². The van der Waals surface area contributed by atoms with Gasteiger partial charge in [0.25, 0.3) is 0 Å². The second-order valence-electron chi connectivity index (χ2n) is 4.40. The summed E-state index contributed by atoms with van der Waals surface area (Å²) >= 11 is 1.06. The molecule has 0 atom stereocenters. The smallest absolute Gasteiger partial charge is 0.340 e. The zero-order valence-electron chi connectivity index (χ0n) is 12.0. The van der Waals surface area contributed by atoms with Crippen molar-refractivity contribution in [2.75, 3.05) is 12.4 Å². The van der Waals surface area contributed by atoms with Gasteiger partial charge in [-0.1, -0.05) is 25.6 Å². The van der Waals surface area contributed by atoms with Crippen molar-refractivity contribution in [1.29, 1.82) is 0 Å². The quantitative estimate of drug-likeness (QED) is 0.489. The lowest BCUT2D eigenvalue weighted by Gasteiger charge is -2.11. The first kappa shape index (κ1) is 16.4. The van der Waals surface area contributed by atoms with E-state index >= 15 is 0 Å². The number of carboxylic acid groups (broad SMARTS) is 1. The predicted octanol–water partition coefficient (Wildman–Crippen LogP) is 2.26. The summed E-state index contributed by atoms with van der Waals surface area (Å²) in [5.74, 6) is -0.806. The van der Waals surface area contributed by atoms with Gasteiger partial charge in [-0.15, -0.1) is 0 Å². The number of hydrogen-bond donors (Lipinski definition) is 1. The maximum Gasteiger partial charge on any atom is 0.340 e. The molecule has 0 radical (unpaired) electrons. The summed E-state index contributed by atoms with van der Waals surface area (Å²) in [6.45, 7) is 7.50. The van der Waals surface area contributed by atoms with Crippen LogP contribution in [0.2, 0.25) is 0 Å². The van der Waals surface area contributed by atoms with Gasteiger partial charge in [-0.3, -0.25) is 4.79 Å². The number of esters is 1. The zero-order chi connectivity index (χ0) is 15.3. The van der Waals surface area contributed by atoms with E-state index in [1.54, 1.807) is 13.8 Å². The first-order valence-corrected chi connectivity index (χ1v) is 7.25. The lowest BCUT2D eigenvalue weighted by Crippen LogP contribution is -2.12. The standard InChI is InChI=1S/C13H18N2O4S/c1-5-19-9(16)6-20-12-10(13(17)18)8(4)14-11(15-12)7(2)3/h7H,5-6H2,1-4H3,(H,17,18). The van der Waals surface area contributed by atoms with Crippen LogP contribution in [-0.4, -0.2) is 39.4 Å². The highest BCUT2D eigenvalue weighted by atomic mass is 32.2. The number of aromatic nitrogens is 2. The number of nitrogens with zero attached hydrogens (tertiary/aromatic N) is 2. The number of carbonyl (C=O) groups excluding carboxylic acids is 1. The number of rotatable bonds is 6. The molecule has 1 rings (SSSR count). The van der Waals surface area contributed by atoms with E-state index in [9.17, 15) is 14.7 Å². The fraction of sp³-hybridized carbons (Fsp3) is 0.538. The molecule has 7 heteroatoms. The first-order valence-electron chi connectivity index (χ1n) is 6.27. The van der Waals surface area contributed by atoms with Crippen LogP contribution in [-0.2, 0) is 9.53 Å². The monoisotopic (exact) mass is 298 g/mol. The van der Waals surface area contributed by atoms with E-state index in [2.05, 4.69) is 9.97 Å². The predicted molar refractivity (Wildman–Crippen MR) is 75.2 cm³/mol. The highest BCUT2D eigenvalue weighted by Crippen LogP contribution is 2.25. The molecular formula is C13H18N2O4S. The Morgan fingerprint density at radius 2 is 2.00 bits per heavy atom. The van der Waals surface area contributed by atoms with E-state index in [1.165, 1.54) is 0 Å². The number of hydrogen-bond acceptors (Lipinski definition) is 6. The number of ether oxygens (including phenoxy) is 1. The Kier molecular flexibility index (Phi) is 5.94. The van der Waals surface area contributed by atoms with Gasteiger partial charge in [0.15, 0.2) is 0 Å². The van der Waals surface area contributed by atoms with Crippen molar-refractivity contribution in [2.45, 2.75) is 38.6 Å². The highest BCUT2D eigenvalue weighted by Gasteiger charge is 2.20. The Hall–Kier alpha value is -1.63. The van der Waals surface area contributed by atoms with Crippen LogP contribution < -0.4 is 0 Å². The molecule has 0 amide bonds. The summed E-state index contributed by atoms with van der Waals surface area (Å²) in [7, 11) is 0. The van der Waals surface area contributed by atoms with Crippen molar-refractivity contribution in [3.05, 3.63) is 17.1 Å². The van der Waals surface area contributed by atoms with E-state index in [-0.39, 0.29) is 17.2 Å². The minimum atomic E-state index is -1.09. The molecule has 0 aliphatic rings. The van der Waals surface area contributed by atoms with Gasteiger partial charge in [0.1, 0.15) is 16.4 Å². The Morgan fingerprint density at radius 3 is 2.50 bits per heavy atom. The molecule has 1 N–H and O–H groups in total. The van der Waals surface area contributed by atoms with Gasteiger partial charge < -0.3 is 9.84 Å². The van der Waals surface area contributed by atoms with Crippen molar-refractivity contribution >= 4 is 23.7 Å². The fourth-order valence-electron chi connectivity index (χ4n) is 1.51. The number of thioether (sulfide) groups is 1. The molecule has 1 aromatic rings. The van der Waals surface area contributed by atoms with Crippen LogP contribution in [0.3, 0.4) is 0 Å². The zero-order valence-corrected chi connectivity index (χ0v) is 12.8. The van der Waals surface area contributed by atoms with Crippen LogP contribution >= 0.6 is 11.8 Å². The van der Waals surface area contributed by atoms with E-state index in [0.717, 1.165) is 11.8 Å². The summed E-state index contributed by atoms with van der Waals surface area (Å²) in [6.07, 6.45) is 0. The van der Waals surface area contributed by atoms with Crippen LogP contribution in [0, 0.1) is 6.92 Å². The van der Waals surface area contributed by atoms with Crippen molar-refractivity contribution in [1.82, 2.24) is 9.97 Å². The van der Waals surface area contributed by atoms with Gasteiger partial charge in [-0.2, -0.15) is 0 Å². The van der Waals surface area contributed by atoms with Crippen LogP contribution in [0.5, 0.6) is 0 Å². The Balaban J connectivity index is 3.07. The lowest BCUT2D eigenvalue weighted by atomic mass is 10.2. The molecule has 0 aromatic carbocycles. The Labute approximate surface area is 122 Å². The topological polar surface area (TPSA) is 89.4 Å². The summed E-state index contributed by atoms with van der Waals surface area (Å²) in [5, 5.41) is 9.54. The number of aryl methyl sites for hydroxylation is 1. The average Bonchev–Trinajstić information content (AvgIpc) is 2.35. The van der Waals surface area contributed by atoms with Crippen molar-refractivity contribution in [3.63, 3.8) is 0 Å².